The van der Waals surface area contributed by atoms with Crippen LogP contribution in [-0.2, 0) is 12.6 Å². The second-order valence-electron chi connectivity index (χ2n) is 1.49. The van der Waals surface area contributed by atoms with Crippen LogP contribution in [-0.4, -0.2) is 12.8 Å². The van der Waals surface area contributed by atoms with Gasteiger partial charge < -0.3 is 4.74 Å². The van der Waals surface area contributed by atoms with Gasteiger partial charge in [0.15, 0.2) is 0 Å². The average Bonchev–Trinajstić information content (AvgIpc) is 1.85. The molecule has 0 saturated heterocycles. The summed E-state index contributed by atoms with van der Waals surface area (Å²) < 4.78 is 9.05. The molecule has 0 aromatic carbocycles. The zero-order valence-electron chi connectivity index (χ0n) is 5.22. The van der Waals surface area contributed by atoms with E-state index in [1.165, 1.54) is 0 Å². The molecule has 0 aliphatic rings. The molecule has 0 atom stereocenters. The molecule has 0 unspecified atom stereocenters. The minimum atomic E-state index is -0.200. The topological polar surface area (TPSA) is 35.5 Å². The van der Waals surface area contributed by atoms with Crippen LogP contribution >= 0.6 is 23.0 Å². The van der Waals surface area contributed by atoms with Crippen LogP contribution in [0.4, 0.5) is 0 Å². The molecule has 0 heterocycles. The number of esters is 1. The van der Waals surface area contributed by atoms with Crippen molar-refractivity contribution in [2.75, 3.05) is 6.79 Å². The number of ether oxygens (including phenoxy) is 1. The van der Waals surface area contributed by atoms with E-state index in [4.69, 9.17) is 0 Å². The Bertz CT molecular complexity index is 84.3. The smallest absolute Gasteiger partial charge is 0.307 e. The summed E-state index contributed by atoms with van der Waals surface area (Å²) in [6.07, 6.45) is 1.29. The quantitative estimate of drug-likeness (QED) is 0.428. The number of carbonyl (C=O) groups is 1. The zero-order valence-corrected chi connectivity index (χ0v) is 7.38. The van der Waals surface area contributed by atoms with Crippen molar-refractivity contribution < 1.29 is 12.6 Å². The monoisotopic (exact) mass is 244 g/mol. The van der Waals surface area contributed by atoms with Crippen molar-refractivity contribution in [3.8, 4) is 0 Å². The van der Waals surface area contributed by atoms with Gasteiger partial charge in [0.1, 0.15) is 23.0 Å². The molecule has 4 heteroatoms. The first-order chi connectivity index (χ1) is 4.31. The van der Waals surface area contributed by atoms with Gasteiger partial charge in [-0.3, -0.25) is 7.86 Å². The van der Waals surface area contributed by atoms with Gasteiger partial charge in [-0.2, -0.15) is 0 Å². The van der Waals surface area contributed by atoms with Crippen molar-refractivity contribution in [2.45, 2.75) is 19.8 Å². The van der Waals surface area contributed by atoms with Crippen molar-refractivity contribution in [2.24, 2.45) is 0 Å². The number of rotatable bonds is 4. The van der Waals surface area contributed by atoms with Crippen LogP contribution in [0.25, 0.3) is 0 Å². The molecular formula is C5H9IO3. The zero-order chi connectivity index (χ0) is 7.11. The molecule has 3 nitrogen and oxygen atoms in total. The van der Waals surface area contributed by atoms with E-state index in [0.29, 0.717) is 6.42 Å². The minimum Gasteiger partial charge on any atom is -0.438 e. The molecule has 0 spiro atoms. The maximum atomic E-state index is 10.5. The van der Waals surface area contributed by atoms with Gasteiger partial charge >= 0.3 is 5.97 Å². The van der Waals surface area contributed by atoms with E-state index in [2.05, 4.69) is 7.80 Å². The average molecular weight is 244 g/mol. The molecule has 0 N–H and O–H groups in total. The first kappa shape index (κ1) is 9.16. The highest BCUT2D eigenvalue weighted by Gasteiger charge is 1.97. The highest BCUT2D eigenvalue weighted by atomic mass is 127. The van der Waals surface area contributed by atoms with Gasteiger partial charge in [-0.05, 0) is 6.42 Å². The van der Waals surface area contributed by atoms with Gasteiger partial charge in [-0.1, -0.05) is 6.92 Å². The van der Waals surface area contributed by atoms with Crippen LogP contribution < -0.4 is 0 Å². The Kier molecular flexibility index (Phi) is 6.39. The predicted octanol–water partition coefficient (Wildman–Crippen LogP) is 1.65. The van der Waals surface area contributed by atoms with Crippen LogP contribution in [0.5, 0.6) is 0 Å². The molecule has 0 amide bonds. The van der Waals surface area contributed by atoms with Crippen LogP contribution in [0.15, 0.2) is 0 Å². The number of halogens is 1. The Labute approximate surface area is 68.4 Å². The fraction of sp³-hybridized carbons (Fsp3) is 0.800. The molecule has 0 aliphatic carbocycles. The molecular weight excluding hydrogens is 235 g/mol. The van der Waals surface area contributed by atoms with Crippen molar-refractivity contribution in [3.63, 3.8) is 0 Å². The standard InChI is InChI=1S/C5H9IO3/c1-2-3-5(7)8-4-9-6/h2-4H2,1H3. The SMILES string of the molecule is CCCC(=O)OCOI. The van der Waals surface area contributed by atoms with E-state index in [1.807, 2.05) is 6.92 Å². The highest BCUT2D eigenvalue weighted by molar-refractivity contribution is 14.1. The molecule has 0 bridgehead atoms. The Morgan fingerprint density at radius 1 is 1.67 bits per heavy atom. The Hall–Kier alpha value is 0.160. The Morgan fingerprint density at radius 2 is 2.33 bits per heavy atom. The second-order valence-corrected chi connectivity index (χ2v) is 2.12. The molecule has 0 fully saturated rings. The summed E-state index contributed by atoms with van der Waals surface area (Å²) in [6.45, 7) is 1.98. The molecule has 0 saturated carbocycles. The lowest BCUT2D eigenvalue weighted by molar-refractivity contribution is -0.148. The Morgan fingerprint density at radius 3 is 2.78 bits per heavy atom. The summed E-state index contributed by atoms with van der Waals surface area (Å²) in [5.41, 5.74) is 0. The summed E-state index contributed by atoms with van der Waals surface area (Å²) in [5.74, 6) is -0.200. The maximum Gasteiger partial charge on any atom is 0.307 e. The fourth-order valence-electron chi connectivity index (χ4n) is 0.364. The second kappa shape index (κ2) is 6.28. The number of hydrogen-bond donors (Lipinski definition) is 0. The van der Waals surface area contributed by atoms with Gasteiger partial charge in [0.05, 0.1) is 0 Å². The van der Waals surface area contributed by atoms with E-state index < -0.39 is 0 Å². The predicted molar refractivity (Wildman–Crippen MR) is 41.0 cm³/mol. The molecule has 0 aromatic heterocycles. The van der Waals surface area contributed by atoms with Crippen molar-refractivity contribution in [3.05, 3.63) is 0 Å². The van der Waals surface area contributed by atoms with Gasteiger partial charge in [-0.15, -0.1) is 0 Å². The molecule has 9 heavy (non-hydrogen) atoms. The van der Waals surface area contributed by atoms with E-state index in [0.717, 1.165) is 6.42 Å². The summed E-state index contributed by atoms with van der Waals surface area (Å²) >= 11 is 1.67. The first-order valence-electron chi connectivity index (χ1n) is 2.70. The molecule has 0 radical (unpaired) electrons. The molecule has 0 aromatic rings. The third kappa shape index (κ3) is 6.04. The molecule has 54 valence electrons. The van der Waals surface area contributed by atoms with Crippen molar-refractivity contribution in [1.29, 1.82) is 0 Å². The molecule has 0 aliphatic heterocycles. The summed E-state index contributed by atoms with van der Waals surface area (Å²) in [6, 6.07) is 0. The lowest BCUT2D eigenvalue weighted by atomic mass is 10.3. The third-order valence-electron chi connectivity index (χ3n) is 0.719. The van der Waals surface area contributed by atoms with Gasteiger partial charge in [0, 0.05) is 6.42 Å². The number of hydrogen-bond acceptors (Lipinski definition) is 3. The van der Waals surface area contributed by atoms with Gasteiger partial charge in [0.25, 0.3) is 0 Å². The summed E-state index contributed by atoms with van der Waals surface area (Å²) in [7, 11) is 0. The minimum absolute atomic E-state index is 0.0550. The molecule has 0 rings (SSSR count). The third-order valence-corrected chi connectivity index (χ3v) is 0.973. The summed E-state index contributed by atoms with van der Waals surface area (Å²) in [5, 5.41) is 0. The van der Waals surface area contributed by atoms with Crippen LogP contribution in [0.1, 0.15) is 19.8 Å². The number of carbonyl (C=O) groups excluding carboxylic acids is 1. The van der Waals surface area contributed by atoms with Crippen LogP contribution in [0.3, 0.4) is 0 Å². The largest absolute Gasteiger partial charge is 0.438 e. The Balaban J connectivity index is 3.06. The van der Waals surface area contributed by atoms with Crippen molar-refractivity contribution in [1.82, 2.24) is 0 Å². The lowest BCUT2D eigenvalue weighted by Gasteiger charge is -1.98. The van der Waals surface area contributed by atoms with E-state index in [1.54, 1.807) is 23.0 Å². The van der Waals surface area contributed by atoms with E-state index in [9.17, 15) is 4.79 Å². The van der Waals surface area contributed by atoms with E-state index >= 15 is 0 Å². The first-order valence-corrected chi connectivity index (χ1v) is 3.58. The van der Waals surface area contributed by atoms with Crippen LogP contribution in [0, 0.1) is 0 Å². The highest BCUT2D eigenvalue weighted by Crippen LogP contribution is 1.92. The van der Waals surface area contributed by atoms with Crippen LogP contribution in [0.2, 0.25) is 0 Å². The van der Waals surface area contributed by atoms with Gasteiger partial charge in [0.2, 0.25) is 6.79 Å². The summed E-state index contributed by atoms with van der Waals surface area (Å²) in [4.78, 5) is 10.5. The maximum absolute atomic E-state index is 10.5. The lowest BCUT2D eigenvalue weighted by Crippen LogP contribution is -2.04. The van der Waals surface area contributed by atoms with Gasteiger partial charge in [-0.25, -0.2) is 0 Å². The fourth-order valence-corrected chi connectivity index (χ4v) is 0.491. The van der Waals surface area contributed by atoms with E-state index in [-0.39, 0.29) is 12.8 Å². The normalized spacial score (nSPS) is 9.11. The van der Waals surface area contributed by atoms with Crippen molar-refractivity contribution >= 4 is 29.0 Å².